The van der Waals surface area contributed by atoms with Crippen molar-refractivity contribution < 1.29 is 14.3 Å². The highest BCUT2D eigenvalue weighted by Gasteiger charge is 2.24. The molecule has 0 N–H and O–H groups in total. The van der Waals surface area contributed by atoms with Gasteiger partial charge in [0.2, 0.25) is 0 Å². The first-order valence-electron chi connectivity index (χ1n) is 8.72. The first-order valence-corrected chi connectivity index (χ1v) is 8.72. The average molecular weight is 336 g/mol. The molecule has 0 bridgehead atoms. The van der Waals surface area contributed by atoms with E-state index in [0.29, 0.717) is 24.7 Å². The van der Waals surface area contributed by atoms with Gasteiger partial charge in [0.15, 0.2) is 17.3 Å². The summed E-state index contributed by atoms with van der Waals surface area (Å²) in [6, 6.07) is 13.6. The van der Waals surface area contributed by atoms with Gasteiger partial charge in [0.25, 0.3) is 0 Å². The van der Waals surface area contributed by atoms with Crippen LogP contribution in [0.2, 0.25) is 0 Å². The van der Waals surface area contributed by atoms with Crippen LogP contribution in [0.1, 0.15) is 41.8 Å². The summed E-state index contributed by atoms with van der Waals surface area (Å²) < 4.78 is 11.3. The third kappa shape index (κ3) is 3.93. The molecule has 3 heteroatoms. The maximum Gasteiger partial charge on any atom is 0.189 e. The van der Waals surface area contributed by atoms with Crippen molar-refractivity contribution in [3.63, 3.8) is 0 Å². The molecule has 2 aromatic carbocycles. The molecule has 2 aromatic rings. The highest BCUT2D eigenvalue weighted by molar-refractivity contribution is 6.15. The molecular formula is C22H24O3. The Balaban J connectivity index is 1.79. The summed E-state index contributed by atoms with van der Waals surface area (Å²) in [5, 5.41) is 0. The van der Waals surface area contributed by atoms with Gasteiger partial charge in [0, 0.05) is 17.6 Å². The highest BCUT2D eigenvalue weighted by atomic mass is 16.5. The number of carbonyl (C=O) groups excluding carboxylic acids is 1. The molecule has 25 heavy (non-hydrogen) atoms. The van der Waals surface area contributed by atoms with Crippen molar-refractivity contribution >= 4 is 11.9 Å². The minimum atomic E-state index is 0.117. The number of fused-ring (bicyclic) bond motifs is 1. The topological polar surface area (TPSA) is 35.5 Å². The monoisotopic (exact) mass is 336 g/mol. The molecule has 0 saturated carbocycles. The molecule has 0 atom stereocenters. The van der Waals surface area contributed by atoms with E-state index < -0.39 is 0 Å². The van der Waals surface area contributed by atoms with Gasteiger partial charge in [-0.1, -0.05) is 44.2 Å². The zero-order valence-electron chi connectivity index (χ0n) is 15.0. The Hall–Kier alpha value is -2.55. The number of Topliss-reactive ketones (excluding diaryl/α,β-unsaturated/α-hetero) is 1. The molecule has 0 amide bonds. The highest BCUT2D eigenvalue weighted by Crippen LogP contribution is 2.32. The van der Waals surface area contributed by atoms with Crippen molar-refractivity contribution in [3.8, 4) is 11.5 Å². The maximum atomic E-state index is 12.5. The largest absolute Gasteiger partial charge is 0.493 e. The van der Waals surface area contributed by atoms with Crippen LogP contribution in [-0.4, -0.2) is 19.5 Å². The Morgan fingerprint density at radius 1 is 1.12 bits per heavy atom. The first kappa shape index (κ1) is 17.3. The summed E-state index contributed by atoms with van der Waals surface area (Å²) in [5.41, 5.74) is 3.68. The van der Waals surface area contributed by atoms with E-state index >= 15 is 0 Å². The number of hydrogen-bond donors (Lipinski definition) is 0. The van der Waals surface area contributed by atoms with E-state index in [1.165, 1.54) is 0 Å². The molecule has 0 heterocycles. The van der Waals surface area contributed by atoms with E-state index in [1.54, 1.807) is 7.11 Å². The minimum absolute atomic E-state index is 0.117. The second kappa shape index (κ2) is 7.56. The molecule has 3 nitrogen and oxygen atoms in total. The summed E-state index contributed by atoms with van der Waals surface area (Å²) in [7, 11) is 1.64. The van der Waals surface area contributed by atoms with Gasteiger partial charge >= 0.3 is 0 Å². The zero-order valence-corrected chi connectivity index (χ0v) is 15.0. The van der Waals surface area contributed by atoms with Crippen LogP contribution in [0, 0.1) is 5.92 Å². The lowest BCUT2D eigenvalue weighted by Gasteiger charge is -2.12. The summed E-state index contributed by atoms with van der Waals surface area (Å²) in [5.74, 6) is 2.16. The fraction of sp³-hybridized carbons (Fsp3) is 0.318. The lowest BCUT2D eigenvalue weighted by Crippen LogP contribution is -2.02. The molecule has 3 rings (SSSR count). The number of methoxy groups -OCH3 is 1. The van der Waals surface area contributed by atoms with Crippen molar-refractivity contribution in [2.45, 2.75) is 26.7 Å². The normalized spacial score (nSPS) is 14.9. The van der Waals surface area contributed by atoms with Gasteiger partial charge in [0.1, 0.15) is 0 Å². The molecule has 0 saturated heterocycles. The molecule has 0 aliphatic heterocycles. The molecule has 0 unspecified atom stereocenters. The van der Waals surface area contributed by atoms with Crippen molar-refractivity contribution in [3.05, 3.63) is 64.7 Å². The minimum Gasteiger partial charge on any atom is -0.493 e. The van der Waals surface area contributed by atoms with Gasteiger partial charge in [-0.2, -0.15) is 0 Å². The van der Waals surface area contributed by atoms with Crippen LogP contribution in [0.15, 0.2) is 48.0 Å². The van der Waals surface area contributed by atoms with Crippen LogP contribution in [0.25, 0.3) is 6.08 Å². The summed E-state index contributed by atoms with van der Waals surface area (Å²) in [4.78, 5) is 12.5. The van der Waals surface area contributed by atoms with Crippen molar-refractivity contribution in [2.75, 3.05) is 13.7 Å². The van der Waals surface area contributed by atoms with E-state index in [1.807, 2.05) is 48.5 Å². The number of rotatable bonds is 6. The third-order valence-corrected chi connectivity index (χ3v) is 4.42. The number of ether oxygens (including phenoxy) is 2. The zero-order chi connectivity index (χ0) is 17.8. The SMILES string of the molecule is COc1cc(C=C2Cc3ccccc3C2=O)ccc1OCCC(C)C. The third-order valence-electron chi connectivity index (χ3n) is 4.42. The van der Waals surface area contributed by atoms with E-state index in [0.717, 1.165) is 34.4 Å². The van der Waals surface area contributed by atoms with Crippen LogP contribution >= 0.6 is 0 Å². The lowest BCUT2D eigenvalue weighted by molar-refractivity contribution is 0.104. The smallest absolute Gasteiger partial charge is 0.189 e. The average Bonchev–Trinajstić information content (AvgIpc) is 2.92. The number of hydrogen-bond acceptors (Lipinski definition) is 3. The van der Waals surface area contributed by atoms with Crippen molar-refractivity contribution in [1.29, 1.82) is 0 Å². The fourth-order valence-electron chi connectivity index (χ4n) is 2.97. The Morgan fingerprint density at radius 2 is 1.92 bits per heavy atom. The van der Waals surface area contributed by atoms with Gasteiger partial charge in [-0.05, 0) is 41.7 Å². The Morgan fingerprint density at radius 3 is 2.64 bits per heavy atom. The molecule has 0 radical (unpaired) electrons. The van der Waals surface area contributed by atoms with Crippen LogP contribution < -0.4 is 9.47 Å². The van der Waals surface area contributed by atoms with E-state index in [9.17, 15) is 4.79 Å². The summed E-state index contributed by atoms with van der Waals surface area (Å²) in [6.07, 6.45) is 3.63. The van der Waals surface area contributed by atoms with Gasteiger partial charge < -0.3 is 9.47 Å². The summed E-state index contributed by atoms with van der Waals surface area (Å²) in [6.45, 7) is 5.02. The fourth-order valence-corrected chi connectivity index (χ4v) is 2.97. The second-order valence-corrected chi connectivity index (χ2v) is 6.77. The van der Waals surface area contributed by atoms with E-state index in [4.69, 9.17) is 9.47 Å². The van der Waals surface area contributed by atoms with Crippen LogP contribution in [0.3, 0.4) is 0 Å². The Labute approximate surface area is 149 Å². The quantitative estimate of drug-likeness (QED) is 0.701. The molecule has 1 aliphatic carbocycles. The lowest BCUT2D eigenvalue weighted by atomic mass is 10.1. The van der Waals surface area contributed by atoms with E-state index in [-0.39, 0.29) is 5.78 Å². The summed E-state index contributed by atoms with van der Waals surface area (Å²) >= 11 is 0. The number of benzene rings is 2. The molecule has 0 fully saturated rings. The molecule has 1 aliphatic rings. The van der Waals surface area contributed by atoms with Gasteiger partial charge in [0.05, 0.1) is 13.7 Å². The standard InChI is InChI=1S/C22H24O3/c1-15(2)10-11-25-20-9-8-16(13-21(20)24-3)12-18-14-17-6-4-5-7-19(17)22(18)23/h4-9,12-13,15H,10-11,14H2,1-3H3. The predicted molar refractivity (Wildman–Crippen MR) is 100 cm³/mol. The molecular weight excluding hydrogens is 312 g/mol. The maximum absolute atomic E-state index is 12.5. The molecule has 0 aromatic heterocycles. The first-order chi connectivity index (χ1) is 12.1. The molecule has 130 valence electrons. The van der Waals surface area contributed by atoms with Gasteiger partial charge in [-0.25, -0.2) is 0 Å². The van der Waals surface area contributed by atoms with Crippen LogP contribution in [-0.2, 0) is 6.42 Å². The van der Waals surface area contributed by atoms with Crippen LogP contribution in [0.5, 0.6) is 11.5 Å². The van der Waals surface area contributed by atoms with Crippen LogP contribution in [0.4, 0.5) is 0 Å². The predicted octanol–water partition coefficient (Wildman–Crippen LogP) is 4.94. The second-order valence-electron chi connectivity index (χ2n) is 6.77. The molecule has 0 spiro atoms. The van der Waals surface area contributed by atoms with Gasteiger partial charge in [-0.15, -0.1) is 0 Å². The number of allylic oxidation sites excluding steroid dienone is 1. The van der Waals surface area contributed by atoms with Crippen molar-refractivity contribution in [2.24, 2.45) is 5.92 Å². The van der Waals surface area contributed by atoms with Crippen molar-refractivity contribution in [1.82, 2.24) is 0 Å². The Kier molecular flexibility index (Phi) is 5.22. The number of ketones is 1. The Bertz CT molecular complexity index is 803. The van der Waals surface area contributed by atoms with Gasteiger partial charge in [-0.3, -0.25) is 4.79 Å². The number of carbonyl (C=O) groups is 1. The van der Waals surface area contributed by atoms with E-state index in [2.05, 4.69) is 13.8 Å².